The number of rotatable bonds is 6. The zero-order valence-corrected chi connectivity index (χ0v) is 13.4. The van der Waals surface area contributed by atoms with E-state index in [-0.39, 0.29) is 5.91 Å². The highest BCUT2D eigenvalue weighted by atomic mass is 35.5. The monoisotopic (exact) mass is 326 g/mol. The first-order valence-corrected chi connectivity index (χ1v) is 8.48. The van der Waals surface area contributed by atoms with Crippen LogP contribution in [0.5, 0.6) is 0 Å². The molecule has 20 heavy (non-hydrogen) atoms. The molecule has 2 rings (SSSR count). The van der Waals surface area contributed by atoms with Crippen LogP contribution in [0.25, 0.3) is 0 Å². The average molecular weight is 327 g/mol. The number of aromatic nitrogens is 1. The van der Waals surface area contributed by atoms with Crippen molar-refractivity contribution < 1.29 is 4.79 Å². The molecule has 0 atom stereocenters. The molecule has 1 aromatic heterocycles. The Bertz CT molecular complexity index is 586. The first kappa shape index (κ1) is 15.4. The fraction of sp³-hybridized carbons (Fsp3) is 0.286. The number of benzene rings is 1. The number of carbonyl (C=O) groups is 1. The summed E-state index contributed by atoms with van der Waals surface area (Å²) in [6.07, 6.45) is 1.80. The minimum Gasteiger partial charge on any atom is -0.350 e. The van der Waals surface area contributed by atoms with Crippen molar-refractivity contribution in [1.82, 2.24) is 10.3 Å². The molecule has 1 N–H and O–H groups in total. The number of amides is 1. The molecule has 0 saturated carbocycles. The second-order valence-corrected chi connectivity index (χ2v) is 6.99. The lowest BCUT2D eigenvalue weighted by Crippen LogP contribution is -2.24. The fourth-order valence-electron chi connectivity index (χ4n) is 1.61. The number of hydrogen-bond donors (Lipinski definition) is 1. The van der Waals surface area contributed by atoms with E-state index < -0.39 is 0 Å². The summed E-state index contributed by atoms with van der Waals surface area (Å²) in [5.74, 6) is 1.28. The van der Waals surface area contributed by atoms with Gasteiger partial charge in [-0.1, -0.05) is 23.7 Å². The number of aryl methyl sites for hydroxylation is 1. The fourth-order valence-corrected chi connectivity index (χ4v) is 3.36. The molecule has 0 radical (unpaired) electrons. The predicted octanol–water partition coefficient (Wildman–Crippen LogP) is 3.65. The van der Waals surface area contributed by atoms with Crippen molar-refractivity contribution in [3.63, 3.8) is 0 Å². The Labute approximate surface area is 131 Å². The third-order valence-corrected chi connectivity index (χ3v) is 4.67. The number of nitrogens with zero attached hydrogens (tertiary/aromatic N) is 1. The van der Waals surface area contributed by atoms with Crippen molar-refractivity contribution in [2.24, 2.45) is 0 Å². The van der Waals surface area contributed by atoms with Crippen molar-refractivity contribution in [3.8, 4) is 0 Å². The predicted molar refractivity (Wildman–Crippen MR) is 86.3 cm³/mol. The molecule has 0 aliphatic rings. The smallest absolute Gasteiger partial charge is 0.230 e. The van der Waals surface area contributed by atoms with Crippen LogP contribution < -0.4 is 5.32 Å². The first-order chi connectivity index (χ1) is 9.63. The molecule has 1 heterocycles. The highest BCUT2D eigenvalue weighted by molar-refractivity contribution is 7.99. The Hall–Kier alpha value is -1.04. The molecule has 0 bridgehead atoms. The molecule has 3 nitrogen and oxygen atoms in total. The average Bonchev–Trinajstić information content (AvgIpc) is 2.82. The maximum Gasteiger partial charge on any atom is 0.230 e. The standard InChI is InChI=1S/C14H15ClN2OS2/c1-10-16-6-13(20-10)7-17-14(18)9-19-8-11-3-2-4-12(15)5-11/h2-6H,7-9H2,1H3,(H,17,18). The lowest BCUT2D eigenvalue weighted by atomic mass is 10.2. The van der Waals surface area contributed by atoms with E-state index in [1.165, 1.54) is 0 Å². The lowest BCUT2D eigenvalue weighted by Gasteiger charge is -2.04. The van der Waals surface area contributed by atoms with E-state index >= 15 is 0 Å². The van der Waals surface area contributed by atoms with Crippen LogP contribution in [0.2, 0.25) is 5.02 Å². The van der Waals surface area contributed by atoms with Gasteiger partial charge in [-0.05, 0) is 24.6 Å². The molecular formula is C14H15ClN2OS2. The Morgan fingerprint density at radius 2 is 2.35 bits per heavy atom. The molecule has 0 aliphatic carbocycles. The van der Waals surface area contributed by atoms with Crippen LogP contribution in [0.15, 0.2) is 30.5 Å². The van der Waals surface area contributed by atoms with Gasteiger partial charge >= 0.3 is 0 Å². The van der Waals surface area contributed by atoms with Crippen molar-refractivity contribution >= 4 is 40.6 Å². The maximum atomic E-state index is 11.7. The zero-order chi connectivity index (χ0) is 14.4. The van der Waals surface area contributed by atoms with E-state index in [0.717, 1.165) is 26.2 Å². The van der Waals surface area contributed by atoms with Gasteiger partial charge < -0.3 is 5.32 Å². The summed E-state index contributed by atoms with van der Waals surface area (Å²) in [5, 5.41) is 4.64. The summed E-state index contributed by atoms with van der Waals surface area (Å²) >= 11 is 9.10. The number of thiazole rings is 1. The van der Waals surface area contributed by atoms with Crippen LogP contribution in [-0.2, 0) is 17.1 Å². The number of carbonyl (C=O) groups excluding carboxylic acids is 1. The highest BCUT2D eigenvalue weighted by Gasteiger charge is 2.04. The summed E-state index contributed by atoms with van der Waals surface area (Å²) in [4.78, 5) is 16.9. The third kappa shape index (κ3) is 5.15. The Balaban J connectivity index is 1.67. The largest absolute Gasteiger partial charge is 0.350 e. The zero-order valence-electron chi connectivity index (χ0n) is 11.1. The summed E-state index contributed by atoms with van der Waals surface area (Å²) in [6.45, 7) is 2.51. The molecule has 1 aromatic carbocycles. The van der Waals surface area contributed by atoms with E-state index in [2.05, 4.69) is 10.3 Å². The summed E-state index contributed by atoms with van der Waals surface area (Å²) < 4.78 is 0. The van der Waals surface area contributed by atoms with Gasteiger partial charge in [0.2, 0.25) is 5.91 Å². The Morgan fingerprint density at radius 1 is 1.50 bits per heavy atom. The molecular weight excluding hydrogens is 312 g/mol. The molecule has 0 aliphatic heterocycles. The van der Waals surface area contributed by atoms with Crippen molar-refractivity contribution in [2.75, 3.05) is 5.75 Å². The molecule has 0 unspecified atom stereocenters. The van der Waals surface area contributed by atoms with Crippen LogP contribution in [0.4, 0.5) is 0 Å². The van der Waals surface area contributed by atoms with Crippen LogP contribution in [0, 0.1) is 6.92 Å². The quantitative estimate of drug-likeness (QED) is 0.881. The normalized spacial score (nSPS) is 10.5. The van der Waals surface area contributed by atoms with E-state index in [1.54, 1.807) is 29.3 Å². The van der Waals surface area contributed by atoms with E-state index in [1.807, 2.05) is 31.2 Å². The second-order valence-electron chi connectivity index (χ2n) is 4.25. The third-order valence-electron chi connectivity index (χ3n) is 2.52. The molecule has 0 spiro atoms. The van der Waals surface area contributed by atoms with Gasteiger partial charge in [-0.15, -0.1) is 23.1 Å². The van der Waals surface area contributed by atoms with Gasteiger partial charge in [-0.3, -0.25) is 4.79 Å². The van der Waals surface area contributed by atoms with E-state index in [0.29, 0.717) is 12.3 Å². The van der Waals surface area contributed by atoms with Crippen molar-refractivity contribution in [1.29, 1.82) is 0 Å². The van der Waals surface area contributed by atoms with E-state index in [9.17, 15) is 4.79 Å². The minimum absolute atomic E-state index is 0.0445. The van der Waals surface area contributed by atoms with Crippen LogP contribution in [0.3, 0.4) is 0 Å². The van der Waals surface area contributed by atoms with Gasteiger partial charge in [0.25, 0.3) is 0 Å². The highest BCUT2D eigenvalue weighted by Crippen LogP contribution is 2.16. The topological polar surface area (TPSA) is 42.0 Å². The number of nitrogens with one attached hydrogen (secondary N) is 1. The maximum absolute atomic E-state index is 11.7. The second kappa shape index (κ2) is 7.67. The number of halogens is 1. The van der Waals surface area contributed by atoms with Crippen LogP contribution in [-0.4, -0.2) is 16.6 Å². The SMILES string of the molecule is Cc1ncc(CNC(=O)CSCc2cccc(Cl)c2)s1. The van der Waals surface area contributed by atoms with Crippen LogP contribution in [0.1, 0.15) is 15.4 Å². The van der Waals surface area contributed by atoms with Gasteiger partial charge in [0.1, 0.15) is 0 Å². The minimum atomic E-state index is 0.0445. The van der Waals surface area contributed by atoms with E-state index in [4.69, 9.17) is 11.6 Å². The van der Waals surface area contributed by atoms with Gasteiger partial charge in [0.15, 0.2) is 0 Å². The van der Waals surface area contributed by atoms with Gasteiger partial charge in [-0.25, -0.2) is 4.98 Å². The Kier molecular flexibility index (Phi) is 5.88. The molecule has 0 saturated heterocycles. The number of hydrogen-bond acceptors (Lipinski definition) is 4. The summed E-state index contributed by atoms with van der Waals surface area (Å²) in [5.41, 5.74) is 1.13. The summed E-state index contributed by atoms with van der Waals surface area (Å²) in [6, 6.07) is 7.70. The Morgan fingerprint density at radius 3 is 3.05 bits per heavy atom. The van der Waals surface area contributed by atoms with Crippen molar-refractivity contribution in [3.05, 3.63) is 50.9 Å². The molecule has 106 valence electrons. The van der Waals surface area contributed by atoms with Gasteiger partial charge in [0, 0.05) is 21.8 Å². The van der Waals surface area contributed by atoms with Crippen molar-refractivity contribution in [2.45, 2.75) is 19.2 Å². The molecule has 2 aromatic rings. The number of thioether (sulfide) groups is 1. The molecule has 6 heteroatoms. The van der Waals surface area contributed by atoms with Gasteiger partial charge in [-0.2, -0.15) is 0 Å². The van der Waals surface area contributed by atoms with Crippen LogP contribution >= 0.6 is 34.7 Å². The summed E-state index contributed by atoms with van der Waals surface area (Å²) in [7, 11) is 0. The molecule has 0 fully saturated rings. The first-order valence-electron chi connectivity index (χ1n) is 6.13. The van der Waals surface area contributed by atoms with Gasteiger partial charge in [0.05, 0.1) is 17.3 Å². The molecule has 1 amide bonds. The lowest BCUT2D eigenvalue weighted by molar-refractivity contribution is -0.118.